The molecule has 0 spiro atoms. The van der Waals surface area contributed by atoms with E-state index in [1.54, 1.807) is 6.92 Å². The van der Waals surface area contributed by atoms with Crippen LogP contribution in [0.4, 0.5) is 11.4 Å². The number of methoxy groups -OCH3 is 3. The topological polar surface area (TPSA) is 126 Å². The van der Waals surface area contributed by atoms with E-state index in [2.05, 4.69) is 5.32 Å². The number of amides is 1. The number of anilines is 1. The van der Waals surface area contributed by atoms with Gasteiger partial charge in [0.2, 0.25) is 5.75 Å². The third-order valence-electron chi connectivity index (χ3n) is 3.88. The molecule has 0 heterocycles. The van der Waals surface area contributed by atoms with Crippen molar-refractivity contribution in [3.05, 3.63) is 51.6 Å². The van der Waals surface area contributed by atoms with Crippen LogP contribution in [-0.4, -0.2) is 44.7 Å². The maximum atomic E-state index is 12.7. The summed E-state index contributed by atoms with van der Waals surface area (Å²) in [5.41, 5.74) is -0.355. The molecule has 0 saturated carbocycles. The minimum Gasteiger partial charge on any atom is -0.493 e. The molecule has 0 radical (unpaired) electrons. The lowest BCUT2D eigenvalue weighted by molar-refractivity contribution is -0.383. The number of carbonyl (C=O) groups excluding carboxylic acids is 2. The predicted octanol–water partition coefficient (Wildman–Crippen LogP) is 3.05. The quantitative estimate of drug-likeness (QED) is 0.404. The van der Waals surface area contributed by atoms with Crippen molar-refractivity contribution < 1.29 is 33.5 Å². The molecule has 0 saturated heterocycles. The third kappa shape index (κ3) is 4.72. The maximum Gasteiger partial charge on any atom is 0.338 e. The number of hydrogen-bond acceptors (Lipinski definition) is 8. The number of nitrogens with one attached hydrogen (secondary N) is 1. The summed E-state index contributed by atoms with van der Waals surface area (Å²) in [6.45, 7) is 1.78. The Bertz CT molecular complexity index is 917. The normalized spacial score (nSPS) is 10.1. The van der Waals surface area contributed by atoms with E-state index >= 15 is 0 Å². The van der Waals surface area contributed by atoms with Crippen molar-refractivity contribution in [1.82, 2.24) is 0 Å². The molecule has 10 nitrogen and oxygen atoms in total. The first kappa shape index (κ1) is 21.5. The smallest absolute Gasteiger partial charge is 0.338 e. The highest BCUT2D eigenvalue weighted by atomic mass is 16.6. The van der Waals surface area contributed by atoms with Crippen molar-refractivity contribution in [2.75, 3.05) is 33.3 Å². The van der Waals surface area contributed by atoms with Gasteiger partial charge in [-0.2, -0.15) is 0 Å². The van der Waals surface area contributed by atoms with Crippen molar-refractivity contribution in [3.8, 4) is 17.2 Å². The van der Waals surface area contributed by atoms with Crippen LogP contribution in [0, 0.1) is 10.1 Å². The molecule has 10 heteroatoms. The SMILES string of the molecule is CCOC(=O)c1ccc([N+](=O)[O-])c(NC(=O)c2cc(OC)c(OC)c(OC)c2)c1. The maximum absolute atomic E-state index is 12.7. The number of nitro benzene ring substituents is 1. The van der Waals surface area contributed by atoms with Crippen molar-refractivity contribution >= 4 is 23.3 Å². The molecule has 0 unspecified atom stereocenters. The van der Waals surface area contributed by atoms with Crippen LogP contribution >= 0.6 is 0 Å². The average molecular weight is 404 g/mol. The van der Waals surface area contributed by atoms with Gasteiger partial charge in [0.15, 0.2) is 11.5 Å². The first-order chi connectivity index (χ1) is 13.9. The fourth-order valence-corrected chi connectivity index (χ4v) is 2.54. The van der Waals surface area contributed by atoms with Gasteiger partial charge in [-0.1, -0.05) is 0 Å². The molecule has 1 amide bonds. The second kappa shape index (κ2) is 9.40. The lowest BCUT2D eigenvalue weighted by atomic mass is 10.1. The van der Waals surface area contributed by atoms with Crippen LogP contribution in [0.5, 0.6) is 17.2 Å². The van der Waals surface area contributed by atoms with Crippen LogP contribution in [0.2, 0.25) is 0 Å². The summed E-state index contributed by atoms with van der Waals surface area (Å²) in [5.74, 6) is -0.556. The first-order valence-electron chi connectivity index (χ1n) is 8.43. The highest BCUT2D eigenvalue weighted by Crippen LogP contribution is 2.38. The van der Waals surface area contributed by atoms with Crippen molar-refractivity contribution in [1.29, 1.82) is 0 Å². The van der Waals surface area contributed by atoms with Crippen LogP contribution in [0.15, 0.2) is 30.3 Å². The zero-order chi connectivity index (χ0) is 21.6. The van der Waals surface area contributed by atoms with Crippen molar-refractivity contribution in [2.24, 2.45) is 0 Å². The summed E-state index contributed by atoms with van der Waals surface area (Å²) >= 11 is 0. The molecule has 2 aromatic rings. The lowest BCUT2D eigenvalue weighted by Gasteiger charge is -2.14. The Labute approximate surface area is 166 Å². The summed E-state index contributed by atoms with van der Waals surface area (Å²) in [6.07, 6.45) is 0. The van der Waals surface area contributed by atoms with E-state index in [1.807, 2.05) is 0 Å². The van der Waals surface area contributed by atoms with E-state index in [0.29, 0.717) is 5.75 Å². The molecule has 0 aliphatic rings. The number of nitro groups is 1. The second-order valence-electron chi connectivity index (χ2n) is 5.58. The molecule has 154 valence electrons. The fraction of sp³-hybridized carbons (Fsp3) is 0.263. The lowest BCUT2D eigenvalue weighted by Crippen LogP contribution is -2.15. The highest BCUT2D eigenvalue weighted by Gasteiger charge is 2.22. The molecule has 0 fully saturated rings. The summed E-state index contributed by atoms with van der Waals surface area (Å²) in [6, 6.07) is 6.36. The Morgan fingerprint density at radius 1 is 1.00 bits per heavy atom. The van der Waals surface area contributed by atoms with E-state index in [0.717, 1.165) is 6.07 Å². The van der Waals surface area contributed by atoms with E-state index in [4.69, 9.17) is 18.9 Å². The molecule has 0 aliphatic carbocycles. The van der Waals surface area contributed by atoms with E-state index in [9.17, 15) is 19.7 Å². The molecule has 1 N–H and O–H groups in total. The number of hydrogen-bond donors (Lipinski definition) is 1. The van der Waals surface area contributed by atoms with Gasteiger partial charge in [0, 0.05) is 11.6 Å². The largest absolute Gasteiger partial charge is 0.493 e. The zero-order valence-electron chi connectivity index (χ0n) is 16.3. The van der Waals surface area contributed by atoms with Crippen LogP contribution in [-0.2, 0) is 4.74 Å². The van der Waals surface area contributed by atoms with E-state index in [1.165, 1.54) is 45.6 Å². The standard InChI is InChI=1S/C19H20N2O8/c1-5-29-19(23)11-6-7-14(21(24)25)13(8-11)20-18(22)12-9-15(26-2)17(28-4)16(10-12)27-3/h6-10H,5H2,1-4H3,(H,20,22). The summed E-state index contributed by atoms with van der Waals surface area (Å²) in [7, 11) is 4.21. The van der Waals surface area contributed by atoms with Gasteiger partial charge in [-0.15, -0.1) is 0 Å². The minimum atomic E-state index is -0.673. The number of benzene rings is 2. The number of ether oxygens (including phenoxy) is 4. The van der Waals surface area contributed by atoms with Gasteiger partial charge in [0.1, 0.15) is 5.69 Å². The number of rotatable bonds is 8. The number of esters is 1. The van der Waals surface area contributed by atoms with E-state index < -0.39 is 16.8 Å². The van der Waals surface area contributed by atoms with Gasteiger partial charge in [-0.3, -0.25) is 14.9 Å². The van der Waals surface area contributed by atoms with Gasteiger partial charge in [-0.25, -0.2) is 4.79 Å². The molecule has 0 aliphatic heterocycles. The van der Waals surface area contributed by atoms with Crippen LogP contribution < -0.4 is 19.5 Å². The third-order valence-corrected chi connectivity index (χ3v) is 3.88. The molecule has 2 aromatic carbocycles. The molecular formula is C19H20N2O8. The van der Waals surface area contributed by atoms with Gasteiger partial charge in [-0.05, 0) is 31.2 Å². The average Bonchev–Trinajstić information content (AvgIpc) is 2.72. The highest BCUT2D eigenvalue weighted by molar-refractivity contribution is 6.07. The monoisotopic (exact) mass is 404 g/mol. The molecule has 0 atom stereocenters. The molecule has 2 rings (SSSR count). The molecular weight excluding hydrogens is 384 g/mol. The van der Waals surface area contributed by atoms with Gasteiger partial charge < -0.3 is 24.3 Å². The van der Waals surface area contributed by atoms with Gasteiger partial charge in [0.05, 0.1) is 38.4 Å². The Morgan fingerprint density at radius 2 is 1.62 bits per heavy atom. The minimum absolute atomic E-state index is 0.0673. The van der Waals surface area contributed by atoms with Crippen molar-refractivity contribution in [3.63, 3.8) is 0 Å². The van der Waals surface area contributed by atoms with Crippen molar-refractivity contribution in [2.45, 2.75) is 6.92 Å². The Balaban J connectivity index is 2.45. The first-order valence-corrected chi connectivity index (χ1v) is 8.43. The Kier molecular flexibility index (Phi) is 6.96. The Morgan fingerprint density at radius 3 is 2.10 bits per heavy atom. The Hall–Kier alpha value is -3.82. The number of carbonyl (C=O) groups is 2. The summed E-state index contributed by atoms with van der Waals surface area (Å²) < 4.78 is 20.5. The number of nitrogens with zero attached hydrogens (tertiary/aromatic N) is 1. The van der Waals surface area contributed by atoms with Gasteiger partial charge >= 0.3 is 5.97 Å². The van der Waals surface area contributed by atoms with Gasteiger partial charge in [0.25, 0.3) is 11.6 Å². The second-order valence-corrected chi connectivity index (χ2v) is 5.58. The summed E-state index contributed by atoms with van der Waals surface area (Å²) in [4.78, 5) is 35.3. The molecule has 0 aromatic heterocycles. The zero-order valence-corrected chi connectivity index (χ0v) is 16.3. The predicted molar refractivity (Wildman–Crippen MR) is 103 cm³/mol. The summed E-state index contributed by atoms with van der Waals surface area (Å²) in [5, 5.41) is 13.8. The fourth-order valence-electron chi connectivity index (χ4n) is 2.54. The van der Waals surface area contributed by atoms with E-state index in [-0.39, 0.29) is 40.6 Å². The van der Waals surface area contributed by atoms with Crippen LogP contribution in [0.25, 0.3) is 0 Å². The molecule has 0 bridgehead atoms. The van der Waals surface area contributed by atoms with Crippen LogP contribution in [0.3, 0.4) is 0 Å². The van der Waals surface area contributed by atoms with Crippen LogP contribution in [0.1, 0.15) is 27.6 Å². The molecule has 29 heavy (non-hydrogen) atoms.